The molecule has 9 aromatic rings. The van der Waals surface area contributed by atoms with Crippen LogP contribution >= 0.6 is 0 Å². The molecule has 0 fully saturated rings. The molecule has 2 nitrogen and oxygen atoms in total. The highest BCUT2D eigenvalue weighted by molar-refractivity contribution is 7.00. The lowest BCUT2D eigenvalue weighted by atomic mass is 9.31. The van der Waals surface area contributed by atoms with Crippen LogP contribution in [0.25, 0.3) is 55.0 Å². The van der Waals surface area contributed by atoms with Gasteiger partial charge >= 0.3 is 0 Å². The lowest BCUT2D eigenvalue weighted by molar-refractivity contribution is 0.844. The van der Waals surface area contributed by atoms with Gasteiger partial charge in [-0.05, 0) is 153 Å². The zero-order valence-electron chi connectivity index (χ0n) is 41.9. The summed E-state index contributed by atoms with van der Waals surface area (Å²) in [5, 5.41) is 5.45. The summed E-state index contributed by atoms with van der Waals surface area (Å²) in [6, 6.07) is 44.4. The standard InChI is InChI=1S/C62H66B2N2/c1-33(2)41-27-49-47-25-39(13)21-23-55(47)65-57-32-52-58(31-51(57)63(53(29-41)61(49)65)59-43(35(5)6)17-15-18-44(59)36(7)8)66-56-24-22-40(14)26-48(56)50-28-42(34(3)4)30-54(62(50)66)64(52)60-45(37(9)10)19-16-20-46(60)38(11)12/h15-38H,1-14H3. The number of hydrogen-bond acceptors (Lipinski definition) is 0. The van der Waals surface area contributed by atoms with E-state index in [0.29, 0.717) is 35.5 Å². The molecule has 2 aromatic heterocycles. The van der Waals surface area contributed by atoms with Gasteiger partial charge in [-0.1, -0.05) is 166 Å². The van der Waals surface area contributed by atoms with E-state index in [2.05, 4.69) is 215 Å². The molecule has 0 atom stereocenters. The maximum absolute atomic E-state index is 2.70. The van der Waals surface area contributed by atoms with E-state index in [1.807, 2.05) is 0 Å². The second kappa shape index (κ2) is 15.4. The van der Waals surface area contributed by atoms with Gasteiger partial charge in [0.25, 0.3) is 0 Å². The maximum atomic E-state index is 2.70. The Morgan fingerprint density at radius 2 is 0.697 bits per heavy atom. The molecule has 7 aromatic carbocycles. The van der Waals surface area contributed by atoms with Crippen LogP contribution in [0.3, 0.4) is 0 Å². The highest BCUT2D eigenvalue weighted by atomic mass is 15.0. The third-order valence-electron chi connectivity index (χ3n) is 15.8. The zero-order chi connectivity index (χ0) is 46.4. The second-order valence-corrected chi connectivity index (χ2v) is 22.2. The van der Waals surface area contributed by atoms with Gasteiger partial charge < -0.3 is 9.13 Å². The molecule has 0 radical (unpaired) electrons. The zero-order valence-corrected chi connectivity index (χ0v) is 41.9. The first-order chi connectivity index (χ1) is 31.5. The van der Waals surface area contributed by atoms with E-state index in [1.165, 1.54) is 132 Å². The molecule has 330 valence electrons. The molecular formula is C62H66B2N2. The SMILES string of the molecule is Cc1ccc2c(c1)c1cc(C(C)C)cc3c1n2-c1cc2c(cc1B3c1c(C(C)C)cccc1C(C)C)-n1c3ccc(C)cc3c3cc(C(C)C)cc(c31)B2c1c(C(C)C)cccc1C(C)C. The maximum Gasteiger partial charge on any atom is 0.247 e. The molecule has 0 saturated carbocycles. The van der Waals surface area contributed by atoms with Crippen molar-refractivity contribution < 1.29 is 0 Å². The minimum atomic E-state index is 0.0392. The van der Waals surface area contributed by atoms with Crippen LogP contribution in [0.5, 0.6) is 0 Å². The smallest absolute Gasteiger partial charge is 0.247 e. The van der Waals surface area contributed by atoms with Gasteiger partial charge in [-0.3, -0.25) is 0 Å². The molecule has 0 amide bonds. The fraction of sp³-hybridized carbons (Fsp3) is 0.323. The number of benzene rings is 7. The molecule has 0 spiro atoms. The van der Waals surface area contributed by atoms with Gasteiger partial charge in [0.1, 0.15) is 0 Å². The largest absolute Gasteiger partial charge is 0.310 e. The average molecular weight is 861 g/mol. The van der Waals surface area contributed by atoms with Crippen LogP contribution in [0.1, 0.15) is 163 Å². The highest BCUT2D eigenvalue weighted by Crippen LogP contribution is 2.40. The van der Waals surface area contributed by atoms with Crippen molar-refractivity contribution in [1.82, 2.24) is 9.13 Å². The van der Waals surface area contributed by atoms with E-state index >= 15 is 0 Å². The number of aryl methyl sites for hydroxylation is 2. The van der Waals surface area contributed by atoms with Crippen LogP contribution in [0.15, 0.2) is 109 Å². The topological polar surface area (TPSA) is 9.86 Å². The molecule has 4 heterocycles. The van der Waals surface area contributed by atoms with Crippen molar-refractivity contribution in [2.75, 3.05) is 0 Å². The van der Waals surface area contributed by atoms with Crippen molar-refractivity contribution in [3.8, 4) is 11.4 Å². The van der Waals surface area contributed by atoms with E-state index in [9.17, 15) is 0 Å². The fourth-order valence-electron chi connectivity index (χ4n) is 12.5. The summed E-state index contributed by atoms with van der Waals surface area (Å²) in [7, 11) is 0. The number of nitrogens with zero attached hydrogens (tertiary/aromatic N) is 2. The Hall–Kier alpha value is -5.73. The van der Waals surface area contributed by atoms with Gasteiger partial charge in [-0.25, -0.2) is 0 Å². The van der Waals surface area contributed by atoms with E-state index in [4.69, 9.17) is 0 Å². The molecular weight excluding hydrogens is 794 g/mol. The third-order valence-corrected chi connectivity index (χ3v) is 15.8. The lowest BCUT2D eigenvalue weighted by Gasteiger charge is -2.36. The van der Waals surface area contributed by atoms with Crippen molar-refractivity contribution >= 4 is 89.8 Å². The number of rotatable bonds is 8. The van der Waals surface area contributed by atoms with Crippen molar-refractivity contribution in [3.05, 3.63) is 154 Å². The van der Waals surface area contributed by atoms with E-state index in [0.717, 1.165) is 0 Å². The monoisotopic (exact) mass is 861 g/mol. The molecule has 11 rings (SSSR count). The van der Waals surface area contributed by atoms with Crippen molar-refractivity contribution in [3.63, 3.8) is 0 Å². The summed E-state index contributed by atoms with van der Waals surface area (Å²) < 4.78 is 5.40. The van der Waals surface area contributed by atoms with E-state index in [-0.39, 0.29) is 13.4 Å². The van der Waals surface area contributed by atoms with E-state index < -0.39 is 0 Å². The Morgan fingerprint density at radius 3 is 1.02 bits per heavy atom. The molecule has 2 aliphatic rings. The van der Waals surface area contributed by atoms with Crippen LogP contribution in [0.4, 0.5) is 0 Å². The summed E-state index contributed by atoms with van der Waals surface area (Å²) in [5.41, 5.74) is 27.9. The number of fused-ring (bicyclic) bond motifs is 10. The van der Waals surface area contributed by atoms with Crippen LogP contribution < -0.4 is 32.8 Å². The summed E-state index contributed by atoms with van der Waals surface area (Å²) in [5.74, 6) is 2.23. The van der Waals surface area contributed by atoms with Crippen LogP contribution in [0.2, 0.25) is 0 Å². The average Bonchev–Trinajstić information content (AvgIpc) is 3.78. The first-order valence-electron chi connectivity index (χ1n) is 25.2. The Morgan fingerprint density at radius 1 is 0.348 bits per heavy atom. The minimum absolute atomic E-state index is 0.0392. The molecule has 0 unspecified atom stereocenters. The van der Waals surface area contributed by atoms with Gasteiger partial charge in [0, 0.05) is 44.0 Å². The summed E-state index contributed by atoms with van der Waals surface area (Å²) in [6.45, 7) is 33.3. The molecule has 4 heteroatoms. The van der Waals surface area contributed by atoms with Gasteiger partial charge in [-0.2, -0.15) is 0 Å². The summed E-state index contributed by atoms with van der Waals surface area (Å²) >= 11 is 0. The number of aromatic nitrogens is 2. The lowest BCUT2D eigenvalue weighted by Crippen LogP contribution is -2.61. The van der Waals surface area contributed by atoms with Crippen LogP contribution in [-0.4, -0.2) is 22.6 Å². The predicted octanol–water partition coefficient (Wildman–Crippen LogP) is 12.9. The fourth-order valence-corrected chi connectivity index (χ4v) is 12.5. The molecule has 66 heavy (non-hydrogen) atoms. The molecule has 0 aliphatic carbocycles. The molecule has 2 aliphatic heterocycles. The van der Waals surface area contributed by atoms with E-state index in [1.54, 1.807) is 0 Å². The molecule has 0 N–H and O–H groups in total. The Labute approximate surface area is 394 Å². The number of hydrogen-bond donors (Lipinski definition) is 0. The normalized spacial score (nSPS) is 13.5. The summed E-state index contributed by atoms with van der Waals surface area (Å²) in [6.07, 6.45) is 0. The Kier molecular flexibility index (Phi) is 10.0. The van der Waals surface area contributed by atoms with Gasteiger partial charge in [0.2, 0.25) is 13.4 Å². The minimum Gasteiger partial charge on any atom is -0.310 e. The molecule has 0 bridgehead atoms. The van der Waals surface area contributed by atoms with Gasteiger partial charge in [0.05, 0.1) is 11.0 Å². The second-order valence-electron chi connectivity index (χ2n) is 22.2. The van der Waals surface area contributed by atoms with Crippen molar-refractivity contribution in [2.45, 2.75) is 132 Å². The predicted molar refractivity (Wildman–Crippen MR) is 291 cm³/mol. The quantitative estimate of drug-likeness (QED) is 0.135. The van der Waals surface area contributed by atoms with Crippen molar-refractivity contribution in [2.24, 2.45) is 0 Å². The first kappa shape index (κ1) is 42.9. The van der Waals surface area contributed by atoms with Crippen LogP contribution in [-0.2, 0) is 0 Å². The third kappa shape index (κ3) is 6.15. The first-order valence-corrected chi connectivity index (χ1v) is 25.2. The van der Waals surface area contributed by atoms with Crippen molar-refractivity contribution in [1.29, 1.82) is 0 Å². The van der Waals surface area contributed by atoms with Crippen LogP contribution in [0, 0.1) is 13.8 Å². The highest BCUT2D eigenvalue weighted by Gasteiger charge is 2.43. The van der Waals surface area contributed by atoms with Gasteiger partial charge in [0.15, 0.2) is 0 Å². The molecule has 0 saturated heterocycles. The Balaban J connectivity index is 1.40. The van der Waals surface area contributed by atoms with Gasteiger partial charge in [-0.15, -0.1) is 0 Å². The summed E-state index contributed by atoms with van der Waals surface area (Å²) in [4.78, 5) is 0. The Bertz CT molecular complexity index is 3190.